The second-order valence-corrected chi connectivity index (χ2v) is 5.58. The number of nitrogens with one attached hydrogen (secondary N) is 1. The SMILES string of the molecule is CC1=CCN2CCc3c([nH]c4ccccc34)C2C1. The van der Waals surface area contributed by atoms with Crippen LogP contribution in [0.4, 0.5) is 0 Å². The first kappa shape index (κ1) is 10.4. The molecule has 0 bridgehead atoms. The third-order valence-corrected chi connectivity index (χ3v) is 4.46. The number of hydrogen-bond donors (Lipinski definition) is 1. The summed E-state index contributed by atoms with van der Waals surface area (Å²) < 4.78 is 0. The van der Waals surface area contributed by atoms with E-state index in [9.17, 15) is 0 Å². The van der Waals surface area contributed by atoms with E-state index in [1.807, 2.05) is 0 Å². The Morgan fingerprint density at radius 1 is 1.28 bits per heavy atom. The Kier molecular flexibility index (Phi) is 2.15. The lowest BCUT2D eigenvalue weighted by Crippen LogP contribution is -2.37. The second-order valence-electron chi connectivity index (χ2n) is 5.58. The van der Waals surface area contributed by atoms with Crippen molar-refractivity contribution >= 4 is 10.9 Å². The average molecular weight is 238 g/mol. The first-order chi connectivity index (χ1) is 8.83. The van der Waals surface area contributed by atoms with Crippen molar-refractivity contribution in [2.45, 2.75) is 25.8 Å². The van der Waals surface area contributed by atoms with Crippen molar-refractivity contribution in [1.29, 1.82) is 0 Å². The molecule has 92 valence electrons. The number of fused-ring (bicyclic) bond motifs is 5. The van der Waals surface area contributed by atoms with Crippen molar-refractivity contribution in [2.24, 2.45) is 0 Å². The maximum Gasteiger partial charge on any atom is 0.0541 e. The Morgan fingerprint density at radius 2 is 2.17 bits per heavy atom. The largest absolute Gasteiger partial charge is 0.357 e. The van der Waals surface area contributed by atoms with E-state index in [4.69, 9.17) is 0 Å². The predicted octanol–water partition coefficient (Wildman–Crippen LogP) is 3.42. The Bertz CT molecular complexity index is 636. The van der Waals surface area contributed by atoms with Crippen LogP contribution in [-0.4, -0.2) is 23.0 Å². The number of aromatic nitrogens is 1. The third-order valence-electron chi connectivity index (χ3n) is 4.46. The fourth-order valence-electron chi connectivity index (χ4n) is 3.48. The maximum absolute atomic E-state index is 3.67. The van der Waals surface area contributed by atoms with E-state index < -0.39 is 0 Å². The number of aromatic amines is 1. The zero-order chi connectivity index (χ0) is 12.1. The molecular formula is C16H18N2. The van der Waals surface area contributed by atoms with Crippen molar-refractivity contribution in [3.8, 4) is 0 Å². The highest BCUT2D eigenvalue weighted by molar-refractivity contribution is 5.85. The molecule has 2 aliphatic rings. The highest BCUT2D eigenvalue weighted by atomic mass is 15.2. The minimum Gasteiger partial charge on any atom is -0.357 e. The van der Waals surface area contributed by atoms with E-state index in [-0.39, 0.29) is 0 Å². The molecule has 4 rings (SSSR count). The van der Waals surface area contributed by atoms with Gasteiger partial charge in [0, 0.05) is 29.7 Å². The molecular weight excluding hydrogens is 220 g/mol. The summed E-state index contributed by atoms with van der Waals surface area (Å²) in [4.78, 5) is 6.27. The van der Waals surface area contributed by atoms with E-state index >= 15 is 0 Å². The molecule has 1 atom stereocenters. The summed E-state index contributed by atoms with van der Waals surface area (Å²) in [5.74, 6) is 0. The van der Waals surface area contributed by atoms with Crippen molar-refractivity contribution < 1.29 is 0 Å². The molecule has 2 heteroatoms. The van der Waals surface area contributed by atoms with Crippen LogP contribution in [0.2, 0.25) is 0 Å². The topological polar surface area (TPSA) is 19.0 Å². The lowest BCUT2D eigenvalue weighted by atomic mass is 9.91. The van der Waals surface area contributed by atoms with Gasteiger partial charge in [0.15, 0.2) is 0 Å². The van der Waals surface area contributed by atoms with Gasteiger partial charge in [-0.15, -0.1) is 0 Å². The van der Waals surface area contributed by atoms with Crippen LogP contribution < -0.4 is 0 Å². The summed E-state index contributed by atoms with van der Waals surface area (Å²) in [6.45, 7) is 4.57. The van der Waals surface area contributed by atoms with Gasteiger partial charge in [-0.1, -0.05) is 29.8 Å². The molecule has 1 unspecified atom stereocenters. The smallest absolute Gasteiger partial charge is 0.0541 e. The molecule has 1 aromatic carbocycles. The van der Waals surface area contributed by atoms with Crippen LogP contribution in [0.5, 0.6) is 0 Å². The van der Waals surface area contributed by atoms with Gasteiger partial charge in [-0.3, -0.25) is 4.90 Å². The average Bonchev–Trinajstić information content (AvgIpc) is 2.78. The number of benzene rings is 1. The molecule has 0 amide bonds. The molecule has 2 aliphatic heterocycles. The zero-order valence-electron chi connectivity index (χ0n) is 10.7. The fourth-order valence-corrected chi connectivity index (χ4v) is 3.48. The fraction of sp³-hybridized carbons (Fsp3) is 0.375. The first-order valence-electron chi connectivity index (χ1n) is 6.82. The number of nitrogens with zero attached hydrogens (tertiary/aromatic N) is 1. The summed E-state index contributed by atoms with van der Waals surface area (Å²) in [6.07, 6.45) is 4.74. The van der Waals surface area contributed by atoms with Crippen LogP contribution in [0.25, 0.3) is 10.9 Å². The highest BCUT2D eigenvalue weighted by Crippen LogP contribution is 2.39. The number of hydrogen-bond acceptors (Lipinski definition) is 1. The van der Waals surface area contributed by atoms with Gasteiger partial charge in [0.1, 0.15) is 0 Å². The van der Waals surface area contributed by atoms with Crippen LogP contribution in [0, 0.1) is 0 Å². The molecule has 1 aromatic heterocycles. The quantitative estimate of drug-likeness (QED) is 0.697. The first-order valence-corrected chi connectivity index (χ1v) is 6.82. The number of rotatable bonds is 0. The molecule has 2 aromatic rings. The van der Waals surface area contributed by atoms with Crippen LogP contribution in [-0.2, 0) is 6.42 Å². The zero-order valence-corrected chi connectivity index (χ0v) is 10.7. The van der Waals surface area contributed by atoms with Crippen LogP contribution in [0.1, 0.15) is 30.6 Å². The maximum atomic E-state index is 3.67. The minimum atomic E-state index is 0.575. The van der Waals surface area contributed by atoms with Gasteiger partial charge < -0.3 is 4.98 Å². The Balaban J connectivity index is 1.89. The van der Waals surface area contributed by atoms with E-state index in [1.54, 1.807) is 5.56 Å². The van der Waals surface area contributed by atoms with Crippen LogP contribution >= 0.6 is 0 Å². The Labute approximate surface area is 107 Å². The van der Waals surface area contributed by atoms with Gasteiger partial charge in [0.2, 0.25) is 0 Å². The van der Waals surface area contributed by atoms with Crippen molar-refractivity contribution in [3.63, 3.8) is 0 Å². The summed E-state index contributed by atoms with van der Waals surface area (Å²) in [5, 5.41) is 1.43. The second kappa shape index (κ2) is 3.72. The lowest BCUT2D eigenvalue weighted by molar-refractivity contribution is 0.190. The van der Waals surface area contributed by atoms with Gasteiger partial charge >= 0.3 is 0 Å². The summed E-state index contributed by atoms with van der Waals surface area (Å²) in [7, 11) is 0. The van der Waals surface area contributed by atoms with E-state index in [0.717, 1.165) is 6.54 Å². The van der Waals surface area contributed by atoms with Crippen molar-refractivity contribution in [2.75, 3.05) is 13.1 Å². The molecule has 0 saturated heterocycles. The van der Waals surface area contributed by atoms with Crippen molar-refractivity contribution in [3.05, 3.63) is 47.2 Å². The monoisotopic (exact) mass is 238 g/mol. The molecule has 1 N–H and O–H groups in total. The molecule has 18 heavy (non-hydrogen) atoms. The molecule has 0 aliphatic carbocycles. The standard InChI is InChI=1S/C16H18N2/c1-11-6-8-18-9-7-13-12-4-2-3-5-14(12)17-16(13)15(18)10-11/h2-6,15,17H,7-10H2,1H3. The van der Waals surface area contributed by atoms with Crippen LogP contribution in [0.15, 0.2) is 35.9 Å². The molecule has 0 saturated carbocycles. The van der Waals surface area contributed by atoms with Gasteiger partial charge in [-0.2, -0.15) is 0 Å². The van der Waals surface area contributed by atoms with Gasteiger partial charge in [0.05, 0.1) is 6.04 Å². The molecule has 0 radical (unpaired) electrons. The number of H-pyrrole nitrogens is 1. The molecule has 0 spiro atoms. The lowest BCUT2D eigenvalue weighted by Gasteiger charge is -2.38. The molecule has 3 heterocycles. The van der Waals surface area contributed by atoms with E-state index in [0.29, 0.717) is 6.04 Å². The third kappa shape index (κ3) is 1.39. The predicted molar refractivity (Wildman–Crippen MR) is 74.7 cm³/mol. The summed E-state index contributed by atoms with van der Waals surface area (Å²) in [6, 6.07) is 9.30. The summed E-state index contributed by atoms with van der Waals surface area (Å²) >= 11 is 0. The normalized spacial score (nSPS) is 23.6. The van der Waals surface area contributed by atoms with Gasteiger partial charge in [0.25, 0.3) is 0 Å². The summed E-state index contributed by atoms with van der Waals surface area (Å²) in [5.41, 5.74) is 5.86. The Hall–Kier alpha value is -1.54. The van der Waals surface area contributed by atoms with Gasteiger partial charge in [-0.05, 0) is 31.4 Å². The van der Waals surface area contributed by atoms with Crippen LogP contribution in [0.3, 0.4) is 0 Å². The molecule has 0 fully saturated rings. The molecule has 2 nitrogen and oxygen atoms in total. The minimum absolute atomic E-state index is 0.575. The van der Waals surface area contributed by atoms with Gasteiger partial charge in [-0.25, -0.2) is 0 Å². The highest BCUT2D eigenvalue weighted by Gasteiger charge is 2.31. The Morgan fingerprint density at radius 3 is 3.11 bits per heavy atom. The van der Waals surface area contributed by atoms with E-state index in [2.05, 4.69) is 47.1 Å². The number of para-hydroxylation sites is 1. The van der Waals surface area contributed by atoms with Crippen molar-refractivity contribution in [1.82, 2.24) is 9.88 Å². The van der Waals surface area contributed by atoms with E-state index in [1.165, 1.54) is 41.6 Å².